The number of amides is 1. The molecule has 2 saturated heterocycles. The molecule has 2 atom stereocenters. The molecule has 8 heteroatoms. The van der Waals surface area contributed by atoms with Crippen molar-refractivity contribution >= 4 is 5.91 Å². The summed E-state index contributed by atoms with van der Waals surface area (Å²) >= 11 is 0. The predicted molar refractivity (Wildman–Crippen MR) is 91.1 cm³/mol. The van der Waals surface area contributed by atoms with Crippen molar-refractivity contribution < 1.29 is 23.8 Å². The van der Waals surface area contributed by atoms with Gasteiger partial charge in [-0.25, -0.2) is 0 Å². The highest BCUT2D eigenvalue weighted by Gasteiger charge is 2.52. The Morgan fingerprint density at radius 3 is 2.54 bits per heavy atom. The molecule has 2 aliphatic rings. The Morgan fingerprint density at radius 2 is 2.00 bits per heavy atom. The van der Waals surface area contributed by atoms with Crippen molar-refractivity contribution in [2.75, 3.05) is 14.2 Å². The van der Waals surface area contributed by atoms with Crippen molar-refractivity contribution in [2.45, 2.75) is 43.4 Å². The summed E-state index contributed by atoms with van der Waals surface area (Å²) in [6.45, 7) is 0. The number of ether oxygens (including phenoxy) is 2. The molecular formula is C18H23N3O5. The van der Waals surface area contributed by atoms with Crippen LogP contribution in [-0.2, 0) is 12.6 Å². The molecule has 0 spiro atoms. The molecule has 2 aromatic heterocycles. The van der Waals surface area contributed by atoms with E-state index in [1.54, 1.807) is 10.9 Å². The number of fused-ring (bicyclic) bond motifs is 2. The Balaban J connectivity index is 1.62. The molecule has 0 radical (unpaired) electrons. The molecule has 0 saturated carbocycles. The van der Waals surface area contributed by atoms with Gasteiger partial charge in [0, 0.05) is 38.2 Å². The second kappa shape index (κ2) is 6.05. The Kier molecular flexibility index (Phi) is 3.95. The number of aliphatic hydroxyl groups is 1. The average molecular weight is 361 g/mol. The number of carbonyl (C=O) groups is 1. The van der Waals surface area contributed by atoms with Gasteiger partial charge < -0.3 is 23.9 Å². The Hall–Kier alpha value is -2.48. The summed E-state index contributed by atoms with van der Waals surface area (Å²) < 4.78 is 17.6. The molecule has 1 amide bonds. The smallest absolute Gasteiger partial charge is 0.294 e. The number of hydrogen-bond acceptors (Lipinski definition) is 6. The lowest BCUT2D eigenvalue weighted by molar-refractivity contribution is -0.0537. The van der Waals surface area contributed by atoms with Crippen LogP contribution in [0.25, 0.3) is 0 Å². The van der Waals surface area contributed by atoms with Crippen LogP contribution in [0.3, 0.4) is 0 Å². The number of hydrogen-bond donors (Lipinski definition) is 1. The van der Waals surface area contributed by atoms with Crippen LogP contribution in [0.2, 0.25) is 0 Å². The zero-order valence-electron chi connectivity index (χ0n) is 15.1. The van der Waals surface area contributed by atoms with Gasteiger partial charge in [-0.15, -0.1) is 0 Å². The first-order valence-corrected chi connectivity index (χ1v) is 8.71. The third-order valence-electron chi connectivity index (χ3n) is 5.63. The summed E-state index contributed by atoms with van der Waals surface area (Å²) in [4.78, 5) is 15.0. The summed E-state index contributed by atoms with van der Waals surface area (Å²) in [5.41, 5.74) is -0.183. The lowest BCUT2D eigenvalue weighted by Crippen LogP contribution is -2.52. The van der Waals surface area contributed by atoms with Gasteiger partial charge in [0.25, 0.3) is 5.91 Å². The van der Waals surface area contributed by atoms with Gasteiger partial charge in [-0.05, 0) is 18.9 Å². The SMILES string of the molecule is COc1coc(C(=O)N2[C@H]3CC[C@H]2CC(O)(c2ccnn2C)C3)c1OC. The van der Waals surface area contributed by atoms with E-state index >= 15 is 0 Å². The molecule has 0 aliphatic carbocycles. The van der Waals surface area contributed by atoms with E-state index in [1.165, 1.54) is 20.5 Å². The van der Waals surface area contributed by atoms with Gasteiger partial charge in [-0.1, -0.05) is 0 Å². The Morgan fingerprint density at radius 1 is 1.31 bits per heavy atom. The van der Waals surface area contributed by atoms with Crippen molar-refractivity contribution in [1.82, 2.24) is 14.7 Å². The van der Waals surface area contributed by atoms with E-state index in [4.69, 9.17) is 13.9 Å². The van der Waals surface area contributed by atoms with Crippen LogP contribution in [0.15, 0.2) is 22.9 Å². The Labute approximate surface area is 151 Å². The second-order valence-electron chi connectivity index (χ2n) is 7.04. The molecule has 4 rings (SSSR count). The number of aryl methyl sites for hydroxylation is 1. The number of piperidine rings is 1. The van der Waals surface area contributed by atoms with Crippen molar-refractivity contribution in [1.29, 1.82) is 0 Å². The van der Waals surface area contributed by atoms with Gasteiger partial charge in [0.2, 0.25) is 11.5 Å². The maximum absolute atomic E-state index is 13.1. The first-order valence-electron chi connectivity index (χ1n) is 8.71. The van der Waals surface area contributed by atoms with Gasteiger partial charge in [-0.2, -0.15) is 5.10 Å². The predicted octanol–water partition coefficient (Wildman–Crippen LogP) is 1.69. The first-order chi connectivity index (χ1) is 12.5. The van der Waals surface area contributed by atoms with Gasteiger partial charge in [0.05, 0.1) is 19.9 Å². The van der Waals surface area contributed by atoms with E-state index in [1.807, 2.05) is 18.0 Å². The maximum atomic E-state index is 13.1. The molecular weight excluding hydrogens is 338 g/mol. The number of aromatic nitrogens is 2. The number of nitrogens with zero attached hydrogens (tertiary/aromatic N) is 3. The van der Waals surface area contributed by atoms with E-state index < -0.39 is 5.60 Å². The lowest BCUT2D eigenvalue weighted by atomic mass is 9.83. The van der Waals surface area contributed by atoms with Crippen molar-refractivity contribution in [3.8, 4) is 11.5 Å². The van der Waals surface area contributed by atoms with Crippen molar-refractivity contribution in [3.63, 3.8) is 0 Å². The van der Waals surface area contributed by atoms with E-state index in [-0.39, 0.29) is 23.8 Å². The zero-order chi connectivity index (χ0) is 18.5. The summed E-state index contributed by atoms with van der Waals surface area (Å²) in [5, 5.41) is 15.4. The molecule has 26 heavy (non-hydrogen) atoms. The average Bonchev–Trinajstić information content (AvgIpc) is 3.30. The summed E-state index contributed by atoms with van der Waals surface area (Å²) in [6.07, 6.45) is 5.74. The molecule has 4 heterocycles. The highest BCUT2D eigenvalue weighted by atomic mass is 16.5. The summed E-state index contributed by atoms with van der Waals surface area (Å²) in [7, 11) is 4.81. The van der Waals surface area contributed by atoms with E-state index in [0.717, 1.165) is 18.5 Å². The topological polar surface area (TPSA) is 90.0 Å². The normalized spacial score (nSPS) is 27.6. The fourth-order valence-corrected chi connectivity index (χ4v) is 4.53. The third-order valence-corrected chi connectivity index (χ3v) is 5.63. The number of carbonyl (C=O) groups excluding carboxylic acids is 1. The van der Waals surface area contributed by atoms with Gasteiger partial charge in [0.1, 0.15) is 11.9 Å². The fourth-order valence-electron chi connectivity index (χ4n) is 4.53. The minimum absolute atomic E-state index is 0.0537. The molecule has 2 fully saturated rings. The third kappa shape index (κ3) is 2.39. The monoisotopic (exact) mass is 361 g/mol. The van der Waals surface area contributed by atoms with Crippen LogP contribution in [0, 0.1) is 0 Å². The van der Waals surface area contributed by atoms with Crippen LogP contribution < -0.4 is 9.47 Å². The molecule has 2 aromatic rings. The largest absolute Gasteiger partial charge is 0.490 e. The molecule has 140 valence electrons. The van der Waals surface area contributed by atoms with Crippen LogP contribution >= 0.6 is 0 Å². The molecule has 8 nitrogen and oxygen atoms in total. The molecule has 2 aliphatic heterocycles. The standard InChI is InChI=1S/C18H23N3O5/c1-20-14(6-7-19-20)18(23)8-11-4-5-12(9-18)21(11)17(22)16-15(25-3)13(24-2)10-26-16/h6-7,10-12,23H,4-5,8-9H2,1-3H3/t11-,12-/m0/s1. The van der Waals surface area contributed by atoms with Crippen LogP contribution in [0.5, 0.6) is 11.5 Å². The van der Waals surface area contributed by atoms with Gasteiger partial charge >= 0.3 is 0 Å². The van der Waals surface area contributed by atoms with Crippen molar-refractivity contribution in [2.24, 2.45) is 7.05 Å². The maximum Gasteiger partial charge on any atom is 0.294 e. The fraction of sp³-hybridized carbons (Fsp3) is 0.556. The highest BCUT2D eigenvalue weighted by molar-refractivity contribution is 5.95. The van der Waals surface area contributed by atoms with E-state index in [2.05, 4.69) is 5.10 Å². The van der Waals surface area contributed by atoms with Crippen LogP contribution in [0.1, 0.15) is 41.9 Å². The van der Waals surface area contributed by atoms with E-state index in [0.29, 0.717) is 24.3 Å². The number of rotatable bonds is 4. The minimum atomic E-state index is -0.973. The van der Waals surface area contributed by atoms with Gasteiger partial charge in [-0.3, -0.25) is 9.48 Å². The quantitative estimate of drug-likeness (QED) is 0.891. The van der Waals surface area contributed by atoms with E-state index in [9.17, 15) is 9.90 Å². The first kappa shape index (κ1) is 17.0. The zero-order valence-corrected chi connectivity index (χ0v) is 15.1. The minimum Gasteiger partial charge on any atom is -0.490 e. The van der Waals surface area contributed by atoms with Gasteiger partial charge in [0.15, 0.2) is 5.75 Å². The highest BCUT2D eigenvalue weighted by Crippen LogP contribution is 2.47. The Bertz CT molecular complexity index is 813. The molecule has 0 aromatic carbocycles. The number of methoxy groups -OCH3 is 2. The van der Waals surface area contributed by atoms with Crippen LogP contribution in [0.4, 0.5) is 0 Å². The lowest BCUT2D eigenvalue weighted by Gasteiger charge is -2.43. The summed E-state index contributed by atoms with van der Waals surface area (Å²) in [5.74, 6) is 0.632. The molecule has 0 unspecified atom stereocenters. The van der Waals surface area contributed by atoms with Crippen LogP contribution in [-0.4, -0.2) is 52.0 Å². The molecule has 1 N–H and O–H groups in total. The summed E-state index contributed by atoms with van der Waals surface area (Å²) in [6, 6.07) is 1.74. The molecule has 2 bridgehead atoms. The van der Waals surface area contributed by atoms with Crippen molar-refractivity contribution in [3.05, 3.63) is 30.0 Å². The second-order valence-corrected chi connectivity index (χ2v) is 7.04. The number of furan rings is 1.